The largest absolute Gasteiger partial charge is 0.492 e. The number of hydrogen-bond donors (Lipinski definition) is 0. The van der Waals surface area contributed by atoms with Crippen molar-refractivity contribution in [3.05, 3.63) is 52.5 Å². The third kappa shape index (κ3) is 2.55. The minimum absolute atomic E-state index is 0.0144. The molecule has 0 heterocycles. The number of carbonyl (C=O) groups is 1. The quantitative estimate of drug-likeness (QED) is 0.739. The fourth-order valence-electron chi connectivity index (χ4n) is 2.50. The van der Waals surface area contributed by atoms with E-state index in [4.69, 9.17) is 16.3 Å². The molecule has 108 valence electrons. The van der Waals surface area contributed by atoms with Gasteiger partial charge in [0, 0.05) is 28.3 Å². The summed E-state index contributed by atoms with van der Waals surface area (Å²) in [5, 5.41) is 0.612. The zero-order valence-electron chi connectivity index (χ0n) is 12.0. The fraction of sp³-hybridized carbons (Fsp3) is 0.235. The van der Waals surface area contributed by atoms with Crippen LogP contribution in [0.1, 0.15) is 15.9 Å². The second kappa shape index (κ2) is 5.51. The maximum absolute atomic E-state index is 12.5. The van der Waals surface area contributed by atoms with E-state index in [1.807, 2.05) is 49.3 Å². The highest BCUT2D eigenvalue weighted by Crippen LogP contribution is 2.42. The predicted molar refractivity (Wildman–Crippen MR) is 84.4 cm³/mol. The zero-order chi connectivity index (χ0) is 15.0. The molecular formula is C17H16ClNO2. The Kier molecular flexibility index (Phi) is 3.70. The van der Waals surface area contributed by atoms with Crippen LogP contribution in [0.3, 0.4) is 0 Å². The Morgan fingerprint density at radius 3 is 2.67 bits per heavy atom. The summed E-state index contributed by atoms with van der Waals surface area (Å²) in [5.74, 6) is 0.730. The lowest BCUT2D eigenvalue weighted by Gasteiger charge is -2.11. The second-order valence-electron chi connectivity index (χ2n) is 5.35. The molecule has 4 heteroatoms. The van der Waals surface area contributed by atoms with E-state index in [1.165, 1.54) is 0 Å². The van der Waals surface area contributed by atoms with Gasteiger partial charge >= 0.3 is 0 Å². The minimum atomic E-state index is 0.0144. The van der Waals surface area contributed by atoms with Gasteiger partial charge in [-0.3, -0.25) is 4.79 Å². The molecule has 1 aliphatic carbocycles. The number of likely N-dealkylation sites (N-methyl/N-ethyl adjacent to an activating group) is 1. The monoisotopic (exact) mass is 301 g/mol. The van der Waals surface area contributed by atoms with Crippen molar-refractivity contribution in [3.8, 4) is 16.9 Å². The van der Waals surface area contributed by atoms with E-state index in [0.29, 0.717) is 28.5 Å². The summed E-state index contributed by atoms with van der Waals surface area (Å²) < 4.78 is 5.69. The van der Waals surface area contributed by atoms with Gasteiger partial charge in [0.1, 0.15) is 12.4 Å². The van der Waals surface area contributed by atoms with Gasteiger partial charge < -0.3 is 9.64 Å². The van der Waals surface area contributed by atoms with Gasteiger partial charge in [-0.1, -0.05) is 23.7 Å². The van der Waals surface area contributed by atoms with Gasteiger partial charge in [-0.05, 0) is 43.9 Å². The molecule has 0 N–H and O–H groups in total. The van der Waals surface area contributed by atoms with Crippen molar-refractivity contribution in [1.82, 2.24) is 4.90 Å². The number of ether oxygens (including phenoxy) is 1. The third-order valence-electron chi connectivity index (χ3n) is 3.57. The van der Waals surface area contributed by atoms with Crippen molar-refractivity contribution >= 4 is 17.4 Å². The number of fused-ring (bicyclic) bond motifs is 3. The Balaban J connectivity index is 1.92. The summed E-state index contributed by atoms with van der Waals surface area (Å²) >= 11 is 6.23. The van der Waals surface area contributed by atoms with Crippen molar-refractivity contribution in [2.45, 2.75) is 0 Å². The van der Waals surface area contributed by atoms with Crippen LogP contribution < -0.4 is 4.74 Å². The second-order valence-corrected chi connectivity index (χ2v) is 5.76. The van der Waals surface area contributed by atoms with Gasteiger partial charge in [0.05, 0.1) is 0 Å². The van der Waals surface area contributed by atoms with E-state index in [9.17, 15) is 4.79 Å². The molecule has 0 fully saturated rings. The van der Waals surface area contributed by atoms with Crippen LogP contribution in [0.4, 0.5) is 0 Å². The molecule has 1 aliphatic rings. The average Bonchev–Trinajstić information content (AvgIpc) is 2.73. The fourth-order valence-corrected chi connectivity index (χ4v) is 2.77. The number of benzene rings is 2. The summed E-state index contributed by atoms with van der Waals surface area (Å²) in [7, 11) is 3.99. The maximum atomic E-state index is 12.5. The van der Waals surface area contributed by atoms with Gasteiger partial charge in [-0.15, -0.1) is 0 Å². The highest BCUT2D eigenvalue weighted by molar-refractivity contribution is 6.36. The van der Waals surface area contributed by atoms with E-state index < -0.39 is 0 Å². The molecule has 0 aliphatic heterocycles. The summed E-state index contributed by atoms with van der Waals surface area (Å²) in [6.07, 6.45) is 0. The Hall–Kier alpha value is -1.84. The summed E-state index contributed by atoms with van der Waals surface area (Å²) in [4.78, 5) is 14.5. The average molecular weight is 302 g/mol. The molecule has 0 bridgehead atoms. The zero-order valence-corrected chi connectivity index (χ0v) is 12.8. The molecule has 0 saturated carbocycles. The predicted octanol–water partition coefficient (Wildman–Crippen LogP) is 3.49. The van der Waals surface area contributed by atoms with Crippen LogP contribution in [-0.2, 0) is 0 Å². The maximum Gasteiger partial charge on any atom is 0.194 e. The molecule has 3 rings (SSSR count). The van der Waals surface area contributed by atoms with E-state index in [-0.39, 0.29) is 5.78 Å². The number of rotatable bonds is 4. The Bertz CT molecular complexity index is 710. The van der Waals surface area contributed by atoms with Crippen molar-refractivity contribution in [1.29, 1.82) is 0 Å². The third-order valence-corrected chi connectivity index (χ3v) is 3.89. The van der Waals surface area contributed by atoms with Crippen molar-refractivity contribution < 1.29 is 9.53 Å². The van der Waals surface area contributed by atoms with Gasteiger partial charge in [-0.25, -0.2) is 0 Å². The van der Waals surface area contributed by atoms with Crippen LogP contribution in [0.15, 0.2) is 36.4 Å². The molecule has 0 atom stereocenters. The summed E-state index contributed by atoms with van der Waals surface area (Å²) in [6.45, 7) is 1.42. The first-order chi connectivity index (χ1) is 10.1. The molecule has 0 aromatic heterocycles. The van der Waals surface area contributed by atoms with Gasteiger partial charge in [0.2, 0.25) is 0 Å². The number of carbonyl (C=O) groups excluding carboxylic acids is 1. The van der Waals surface area contributed by atoms with Crippen molar-refractivity contribution in [2.75, 3.05) is 27.2 Å². The lowest BCUT2D eigenvalue weighted by molar-refractivity contribution is 0.104. The Morgan fingerprint density at radius 1 is 1.10 bits per heavy atom. The molecule has 0 unspecified atom stereocenters. The molecule has 0 saturated heterocycles. The Labute approximate surface area is 129 Å². The van der Waals surface area contributed by atoms with Gasteiger partial charge in [-0.2, -0.15) is 0 Å². The molecule has 0 spiro atoms. The topological polar surface area (TPSA) is 29.5 Å². The van der Waals surface area contributed by atoms with Crippen molar-refractivity contribution in [2.24, 2.45) is 0 Å². The number of ketones is 1. The highest BCUT2D eigenvalue weighted by atomic mass is 35.5. The minimum Gasteiger partial charge on any atom is -0.492 e. The van der Waals surface area contributed by atoms with E-state index in [1.54, 1.807) is 6.07 Å². The standard InChI is InChI=1S/C17H16ClNO2/c1-19(2)8-9-21-11-6-7-12-14(10-11)17(20)13-4-3-5-15(18)16(12)13/h3-7,10H,8-9H2,1-2H3. The van der Waals surface area contributed by atoms with Crippen LogP contribution in [-0.4, -0.2) is 37.9 Å². The first-order valence-electron chi connectivity index (χ1n) is 6.83. The molecule has 21 heavy (non-hydrogen) atoms. The van der Waals surface area contributed by atoms with Crippen LogP contribution in [0.2, 0.25) is 5.02 Å². The molecule has 0 radical (unpaired) electrons. The Morgan fingerprint density at radius 2 is 1.90 bits per heavy atom. The molecule has 3 nitrogen and oxygen atoms in total. The summed E-state index contributed by atoms with van der Waals surface area (Å²) in [6, 6.07) is 11.0. The number of hydrogen-bond acceptors (Lipinski definition) is 3. The smallest absolute Gasteiger partial charge is 0.194 e. The van der Waals surface area contributed by atoms with Crippen molar-refractivity contribution in [3.63, 3.8) is 0 Å². The SMILES string of the molecule is CN(C)CCOc1ccc2c(c1)C(=O)c1cccc(Cl)c1-2. The molecular weight excluding hydrogens is 286 g/mol. The highest BCUT2D eigenvalue weighted by Gasteiger charge is 2.28. The molecule has 2 aromatic rings. The van der Waals surface area contributed by atoms with E-state index >= 15 is 0 Å². The first kappa shape index (κ1) is 14.1. The number of nitrogens with zero attached hydrogens (tertiary/aromatic N) is 1. The van der Waals surface area contributed by atoms with Crippen LogP contribution >= 0.6 is 11.6 Å². The van der Waals surface area contributed by atoms with E-state index in [2.05, 4.69) is 0 Å². The normalized spacial score (nSPS) is 12.5. The van der Waals surface area contributed by atoms with E-state index in [0.717, 1.165) is 17.7 Å². The van der Waals surface area contributed by atoms with Crippen LogP contribution in [0, 0.1) is 0 Å². The number of halogens is 1. The van der Waals surface area contributed by atoms with Gasteiger partial charge in [0.25, 0.3) is 0 Å². The van der Waals surface area contributed by atoms with Gasteiger partial charge in [0.15, 0.2) is 5.78 Å². The van der Waals surface area contributed by atoms with Crippen LogP contribution in [0.25, 0.3) is 11.1 Å². The van der Waals surface area contributed by atoms with Crippen LogP contribution in [0.5, 0.6) is 5.75 Å². The lowest BCUT2D eigenvalue weighted by Crippen LogP contribution is -2.19. The molecule has 2 aromatic carbocycles. The molecule has 0 amide bonds. The summed E-state index contributed by atoms with van der Waals surface area (Å²) in [5.41, 5.74) is 3.06. The lowest BCUT2D eigenvalue weighted by atomic mass is 10.1. The first-order valence-corrected chi connectivity index (χ1v) is 7.21.